The van der Waals surface area contributed by atoms with Crippen molar-refractivity contribution in [2.75, 3.05) is 7.11 Å². The van der Waals surface area contributed by atoms with E-state index in [0.29, 0.717) is 11.3 Å². The number of carbonyl (C=O) groups is 2. The fraction of sp³-hybridized carbons (Fsp3) is 0.0870. The van der Waals surface area contributed by atoms with Crippen molar-refractivity contribution in [3.63, 3.8) is 0 Å². The molecule has 0 atom stereocenters. The zero-order valence-electron chi connectivity index (χ0n) is 16.3. The molecule has 3 aromatic rings. The Morgan fingerprint density at radius 1 is 0.800 bits per heavy atom. The molecule has 0 aliphatic carbocycles. The molecule has 2 amide bonds. The Bertz CT molecular complexity index is 969. The lowest BCUT2D eigenvalue weighted by atomic mass is 9.91. The summed E-state index contributed by atoms with van der Waals surface area (Å²) < 4.78 is 5.07. The molecule has 0 saturated carbocycles. The summed E-state index contributed by atoms with van der Waals surface area (Å²) in [5.41, 5.74) is 7.29. The van der Waals surface area contributed by atoms with Gasteiger partial charge in [-0.25, -0.2) is 0 Å². The van der Waals surface area contributed by atoms with Crippen LogP contribution in [0.15, 0.2) is 84.9 Å². The number of amides is 2. The maximum Gasteiger partial charge on any atom is 0.257 e. The van der Waals surface area contributed by atoms with Gasteiger partial charge in [-0.1, -0.05) is 60.7 Å². The van der Waals surface area contributed by atoms with Crippen molar-refractivity contribution in [1.29, 1.82) is 0 Å². The van der Waals surface area contributed by atoms with E-state index in [0.717, 1.165) is 11.1 Å². The Hall–Kier alpha value is -3.71. The van der Waals surface area contributed by atoms with Gasteiger partial charge in [-0.05, 0) is 47.6 Å². The van der Waals surface area contributed by atoms with Crippen molar-refractivity contribution in [3.05, 3.63) is 102 Å². The molecule has 0 heterocycles. The minimum absolute atomic E-state index is 0.0101. The Morgan fingerprint density at radius 2 is 1.33 bits per heavy atom. The molecule has 6 nitrogen and oxygen atoms in total. The third-order valence-electron chi connectivity index (χ3n) is 4.41. The Kier molecular flexibility index (Phi) is 7.13. The van der Waals surface area contributed by atoms with Crippen LogP contribution in [0, 0.1) is 0 Å². The third-order valence-corrected chi connectivity index (χ3v) is 4.61. The average molecular weight is 420 g/mol. The standard InChI is InChI=1S/C23H21N3O3S/c1-29-19-14-12-18(13-15-19)21(27)24-23(30)26-25-22(28)20(16-8-4-2-5-9-16)17-10-6-3-7-11-17/h2-15,20H,1H3,(H,25,28)(H2,24,26,27,30). The monoisotopic (exact) mass is 419 g/mol. The highest BCUT2D eigenvalue weighted by Crippen LogP contribution is 2.24. The smallest absolute Gasteiger partial charge is 0.257 e. The molecule has 0 unspecified atom stereocenters. The second-order valence-electron chi connectivity index (χ2n) is 6.38. The van der Waals surface area contributed by atoms with E-state index >= 15 is 0 Å². The molecule has 3 rings (SSSR count). The highest BCUT2D eigenvalue weighted by atomic mass is 32.1. The van der Waals surface area contributed by atoms with Crippen LogP contribution >= 0.6 is 12.2 Å². The quantitative estimate of drug-likeness (QED) is 0.437. The number of methoxy groups -OCH3 is 1. The average Bonchev–Trinajstić information content (AvgIpc) is 2.79. The first-order valence-corrected chi connectivity index (χ1v) is 9.64. The van der Waals surface area contributed by atoms with Gasteiger partial charge in [0.05, 0.1) is 13.0 Å². The first-order chi connectivity index (χ1) is 14.6. The number of nitrogens with one attached hydrogen (secondary N) is 3. The summed E-state index contributed by atoms with van der Waals surface area (Å²) in [7, 11) is 1.55. The van der Waals surface area contributed by atoms with Gasteiger partial charge in [0.2, 0.25) is 5.91 Å². The van der Waals surface area contributed by atoms with Crippen molar-refractivity contribution < 1.29 is 14.3 Å². The molecule has 0 fully saturated rings. The molecule has 152 valence electrons. The van der Waals surface area contributed by atoms with Gasteiger partial charge < -0.3 is 4.74 Å². The lowest BCUT2D eigenvalue weighted by molar-refractivity contribution is -0.122. The molecule has 0 saturated heterocycles. The van der Waals surface area contributed by atoms with Crippen molar-refractivity contribution in [2.24, 2.45) is 0 Å². The van der Waals surface area contributed by atoms with Gasteiger partial charge in [0.25, 0.3) is 5.91 Å². The molecule has 0 aliphatic rings. The lowest BCUT2D eigenvalue weighted by Gasteiger charge is -2.19. The molecule has 0 aliphatic heterocycles. The predicted octanol–water partition coefficient (Wildman–Crippen LogP) is 3.16. The van der Waals surface area contributed by atoms with Crippen LogP contribution in [0.3, 0.4) is 0 Å². The normalized spacial score (nSPS) is 10.2. The maximum absolute atomic E-state index is 12.9. The van der Waals surface area contributed by atoms with Crippen LogP contribution in [0.25, 0.3) is 0 Å². The number of hydrazine groups is 1. The number of carbonyl (C=O) groups excluding carboxylic acids is 2. The summed E-state index contributed by atoms with van der Waals surface area (Å²) in [5, 5.41) is 2.52. The van der Waals surface area contributed by atoms with Crippen LogP contribution < -0.4 is 20.9 Å². The second kappa shape index (κ2) is 10.2. The molecule has 3 N–H and O–H groups in total. The van der Waals surface area contributed by atoms with E-state index < -0.39 is 11.8 Å². The van der Waals surface area contributed by atoms with Gasteiger partial charge in [-0.15, -0.1) is 0 Å². The van der Waals surface area contributed by atoms with Crippen LogP contribution in [-0.4, -0.2) is 24.0 Å². The van der Waals surface area contributed by atoms with Crippen molar-refractivity contribution in [2.45, 2.75) is 5.92 Å². The van der Waals surface area contributed by atoms with Crippen LogP contribution in [0.5, 0.6) is 5.75 Å². The zero-order valence-corrected chi connectivity index (χ0v) is 17.1. The molecule has 0 spiro atoms. The SMILES string of the molecule is COc1ccc(C(=O)NC(=S)NNC(=O)C(c2ccccc2)c2ccccc2)cc1. The van der Waals surface area contributed by atoms with E-state index in [4.69, 9.17) is 17.0 Å². The Morgan fingerprint density at radius 3 is 1.83 bits per heavy atom. The summed E-state index contributed by atoms with van der Waals surface area (Å²) >= 11 is 5.13. The number of benzene rings is 3. The number of rotatable bonds is 5. The van der Waals surface area contributed by atoms with Gasteiger partial charge in [-0.2, -0.15) is 0 Å². The van der Waals surface area contributed by atoms with Gasteiger partial charge >= 0.3 is 0 Å². The summed E-state index contributed by atoms with van der Waals surface area (Å²) in [6.45, 7) is 0. The third kappa shape index (κ3) is 5.42. The maximum atomic E-state index is 12.9. The highest BCUT2D eigenvalue weighted by molar-refractivity contribution is 7.80. The van der Waals surface area contributed by atoms with Gasteiger partial charge in [0.1, 0.15) is 5.75 Å². The highest BCUT2D eigenvalue weighted by Gasteiger charge is 2.22. The Labute approximate surface area is 180 Å². The fourth-order valence-electron chi connectivity index (χ4n) is 2.93. The molecule has 30 heavy (non-hydrogen) atoms. The minimum Gasteiger partial charge on any atom is -0.497 e. The number of thiocarbonyl (C=S) groups is 1. The van der Waals surface area contributed by atoms with E-state index in [1.165, 1.54) is 0 Å². The second-order valence-corrected chi connectivity index (χ2v) is 6.79. The fourth-order valence-corrected chi connectivity index (χ4v) is 3.07. The lowest BCUT2D eigenvalue weighted by Crippen LogP contribution is -2.49. The number of ether oxygens (including phenoxy) is 1. The molecule has 7 heteroatoms. The van der Waals surface area contributed by atoms with Gasteiger partial charge in [0.15, 0.2) is 5.11 Å². The largest absolute Gasteiger partial charge is 0.497 e. The number of hydrogen-bond donors (Lipinski definition) is 3. The van der Waals surface area contributed by atoms with Crippen LogP contribution in [0.2, 0.25) is 0 Å². The van der Waals surface area contributed by atoms with E-state index in [2.05, 4.69) is 16.2 Å². The zero-order chi connectivity index (χ0) is 21.3. The molecule has 3 aromatic carbocycles. The van der Waals surface area contributed by atoms with Crippen LogP contribution in [0.4, 0.5) is 0 Å². The van der Waals surface area contributed by atoms with Crippen LogP contribution in [-0.2, 0) is 4.79 Å². The van der Waals surface area contributed by atoms with Gasteiger partial charge in [0, 0.05) is 5.56 Å². The molecule has 0 radical (unpaired) electrons. The molecular formula is C23H21N3O3S. The molecule has 0 bridgehead atoms. The van der Waals surface area contributed by atoms with Crippen molar-refractivity contribution >= 4 is 29.1 Å². The predicted molar refractivity (Wildman–Crippen MR) is 119 cm³/mol. The van der Waals surface area contributed by atoms with Crippen molar-refractivity contribution in [3.8, 4) is 5.75 Å². The minimum atomic E-state index is -0.528. The Balaban J connectivity index is 1.63. The summed E-state index contributed by atoms with van der Waals surface area (Å²) in [5.74, 6) is -0.576. The van der Waals surface area contributed by atoms with E-state index in [1.54, 1.807) is 31.4 Å². The van der Waals surface area contributed by atoms with Crippen LogP contribution in [0.1, 0.15) is 27.4 Å². The first kappa shape index (κ1) is 21.0. The van der Waals surface area contributed by atoms with Crippen molar-refractivity contribution in [1.82, 2.24) is 16.2 Å². The first-order valence-electron chi connectivity index (χ1n) is 9.23. The topological polar surface area (TPSA) is 79.5 Å². The van der Waals surface area contributed by atoms with E-state index in [1.807, 2.05) is 60.7 Å². The van der Waals surface area contributed by atoms with E-state index in [-0.39, 0.29) is 11.0 Å². The molecule has 0 aromatic heterocycles. The molecular weight excluding hydrogens is 398 g/mol. The van der Waals surface area contributed by atoms with Gasteiger partial charge in [-0.3, -0.25) is 25.8 Å². The summed E-state index contributed by atoms with van der Waals surface area (Å²) in [4.78, 5) is 25.2. The van der Waals surface area contributed by atoms with E-state index in [9.17, 15) is 9.59 Å². The number of hydrogen-bond acceptors (Lipinski definition) is 4. The summed E-state index contributed by atoms with van der Waals surface area (Å²) in [6, 6.07) is 25.5. The summed E-state index contributed by atoms with van der Waals surface area (Å²) in [6.07, 6.45) is 0.